The molecule has 4 saturated heterocycles. The van der Waals surface area contributed by atoms with E-state index in [4.69, 9.17) is 4.74 Å². The highest BCUT2D eigenvalue weighted by atomic mass is 16.6. The predicted octanol–water partition coefficient (Wildman–Crippen LogP) is 1.83. The summed E-state index contributed by atoms with van der Waals surface area (Å²) in [6, 6.07) is 0.837. The third-order valence-corrected chi connectivity index (χ3v) is 6.35. The number of hydrogen-bond acceptors (Lipinski definition) is 4. The zero-order valence-electron chi connectivity index (χ0n) is 13.6. The molecule has 0 aromatic rings. The van der Waals surface area contributed by atoms with E-state index in [1.54, 1.807) is 0 Å². The Hall–Kier alpha value is -0.810. The first-order chi connectivity index (χ1) is 10.7. The maximum atomic E-state index is 11.3. The van der Waals surface area contributed by atoms with Crippen LogP contribution in [0.1, 0.15) is 44.9 Å². The van der Waals surface area contributed by atoms with E-state index in [1.165, 1.54) is 51.7 Å². The molecule has 0 bridgehead atoms. The third-order valence-electron chi connectivity index (χ3n) is 6.35. The molecule has 1 spiro atoms. The molecule has 124 valence electrons. The summed E-state index contributed by atoms with van der Waals surface area (Å²) in [6.07, 6.45) is 8.76. The number of amides is 1. The van der Waals surface area contributed by atoms with Gasteiger partial charge in [0.25, 0.3) is 0 Å². The molecule has 0 aromatic carbocycles. The van der Waals surface area contributed by atoms with Gasteiger partial charge >= 0.3 is 6.09 Å². The molecule has 1 amide bonds. The van der Waals surface area contributed by atoms with Crippen LogP contribution in [0.4, 0.5) is 4.79 Å². The monoisotopic (exact) mass is 307 g/mol. The van der Waals surface area contributed by atoms with Gasteiger partial charge in [0.15, 0.2) is 0 Å². The fourth-order valence-corrected chi connectivity index (χ4v) is 5.05. The van der Waals surface area contributed by atoms with Crippen molar-refractivity contribution in [3.63, 3.8) is 0 Å². The third kappa shape index (κ3) is 2.85. The average molecular weight is 307 g/mol. The molecule has 5 heteroatoms. The van der Waals surface area contributed by atoms with Gasteiger partial charge in [-0.05, 0) is 44.7 Å². The minimum Gasteiger partial charge on any atom is -0.441 e. The first-order valence-electron chi connectivity index (χ1n) is 9.17. The summed E-state index contributed by atoms with van der Waals surface area (Å²) >= 11 is 0. The van der Waals surface area contributed by atoms with Crippen molar-refractivity contribution in [2.45, 2.75) is 56.6 Å². The van der Waals surface area contributed by atoms with Gasteiger partial charge in [-0.1, -0.05) is 6.42 Å². The molecule has 22 heavy (non-hydrogen) atoms. The van der Waals surface area contributed by atoms with E-state index in [0.29, 0.717) is 6.54 Å². The second-order valence-corrected chi connectivity index (χ2v) is 7.73. The Morgan fingerprint density at radius 3 is 2.68 bits per heavy atom. The number of likely N-dealkylation sites (tertiary alicyclic amines) is 1. The highest BCUT2D eigenvalue weighted by Gasteiger charge is 2.43. The number of nitrogens with one attached hydrogen (secondary N) is 1. The standard InChI is InChI=1S/C17H29N3O2/c21-16-18-13-17(22-16)6-10-19(11-7-17)12-14-4-3-9-20-8-2-1-5-15(14)20/h14-15H,1-13H2,(H,18,21)/t14-,15+/m0/s1. The van der Waals surface area contributed by atoms with Gasteiger partial charge < -0.3 is 19.9 Å². The number of piperidine rings is 3. The zero-order chi connectivity index (χ0) is 15.0. The Labute approximate surface area is 133 Å². The van der Waals surface area contributed by atoms with Crippen molar-refractivity contribution >= 4 is 6.09 Å². The summed E-state index contributed by atoms with van der Waals surface area (Å²) in [6.45, 7) is 6.77. The second kappa shape index (κ2) is 6.00. The Balaban J connectivity index is 1.31. The molecule has 1 N–H and O–H groups in total. The molecule has 4 aliphatic heterocycles. The number of nitrogens with zero attached hydrogens (tertiary/aromatic N) is 2. The largest absolute Gasteiger partial charge is 0.441 e. The van der Waals surface area contributed by atoms with E-state index >= 15 is 0 Å². The van der Waals surface area contributed by atoms with Crippen LogP contribution >= 0.6 is 0 Å². The fraction of sp³-hybridized carbons (Fsp3) is 0.941. The van der Waals surface area contributed by atoms with Gasteiger partial charge in [0.1, 0.15) is 5.60 Å². The molecule has 0 radical (unpaired) electrons. The first kappa shape index (κ1) is 14.8. The highest BCUT2D eigenvalue weighted by Crippen LogP contribution is 2.34. The average Bonchev–Trinajstić information content (AvgIpc) is 2.91. The van der Waals surface area contributed by atoms with E-state index < -0.39 is 0 Å². The predicted molar refractivity (Wildman–Crippen MR) is 84.8 cm³/mol. The van der Waals surface area contributed by atoms with Crippen molar-refractivity contribution in [3.05, 3.63) is 0 Å². The minimum absolute atomic E-state index is 0.197. The van der Waals surface area contributed by atoms with Crippen molar-refractivity contribution in [2.75, 3.05) is 39.3 Å². The van der Waals surface area contributed by atoms with Crippen molar-refractivity contribution < 1.29 is 9.53 Å². The molecule has 4 fully saturated rings. The quantitative estimate of drug-likeness (QED) is 0.845. The molecule has 0 unspecified atom stereocenters. The Bertz CT molecular complexity index is 418. The summed E-state index contributed by atoms with van der Waals surface area (Å²) in [4.78, 5) is 16.7. The summed E-state index contributed by atoms with van der Waals surface area (Å²) in [5, 5.41) is 2.83. The van der Waals surface area contributed by atoms with Crippen LogP contribution in [0.5, 0.6) is 0 Å². The molecule has 5 nitrogen and oxygen atoms in total. The van der Waals surface area contributed by atoms with Crippen LogP contribution in [0.2, 0.25) is 0 Å². The topological polar surface area (TPSA) is 44.8 Å². The molecule has 0 aromatic heterocycles. The van der Waals surface area contributed by atoms with Gasteiger partial charge in [-0.25, -0.2) is 4.79 Å². The molecule has 4 aliphatic rings. The van der Waals surface area contributed by atoms with Crippen molar-refractivity contribution in [1.29, 1.82) is 0 Å². The van der Waals surface area contributed by atoms with Gasteiger partial charge in [0, 0.05) is 38.5 Å². The molecule has 4 rings (SSSR count). The molecule has 0 saturated carbocycles. The van der Waals surface area contributed by atoms with Gasteiger partial charge in [0.05, 0.1) is 6.54 Å². The molecular formula is C17H29N3O2. The number of ether oxygens (including phenoxy) is 1. The van der Waals surface area contributed by atoms with Crippen LogP contribution in [0, 0.1) is 5.92 Å². The molecule has 0 aliphatic carbocycles. The Morgan fingerprint density at radius 1 is 1.09 bits per heavy atom. The van der Waals surface area contributed by atoms with E-state index in [0.717, 1.165) is 37.9 Å². The maximum Gasteiger partial charge on any atom is 0.407 e. The fourth-order valence-electron chi connectivity index (χ4n) is 5.05. The Kier molecular flexibility index (Phi) is 4.03. The van der Waals surface area contributed by atoms with Crippen LogP contribution < -0.4 is 5.32 Å². The molecular weight excluding hydrogens is 278 g/mol. The first-order valence-corrected chi connectivity index (χ1v) is 9.17. The highest BCUT2D eigenvalue weighted by molar-refractivity contribution is 5.70. The van der Waals surface area contributed by atoms with Crippen LogP contribution in [0.3, 0.4) is 0 Å². The number of carbonyl (C=O) groups is 1. The van der Waals surface area contributed by atoms with E-state index in [2.05, 4.69) is 15.1 Å². The molecule has 2 atom stereocenters. The van der Waals surface area contributed by atoms with E-state index in [1.807, 2.05) is 0 Å². The van der Waals surface area contributed by atoms with Crippen LogP contribution in [-0.2, 0) is 4.74 Å². The summed E-state index contributed by atoms with van der Waals surface area (Å²) < 4.78 is 5.53. The van der Waals surface area contributed by atoms with E-state index in [9.17, 15) is 4.79 Å². The van der Waals surface area contributed by atoms with Crippen LogP contribution in [0.15, 0.2) is 0 Å². The number of hydrogen-bond donors (Lipinski definition) is 1. The number of alkyl carbamates (subject to hydrolysis) is 1. The van der Waals surface area contributed by atoms with Crippen molar-refractivity contribution in [1.82, 2.24) is 15.1 Å². The van der Waals surface area contributed by atoms with Crippen molar-refractivity contribution in [3.8, 4) is 0 Å². The van der Waals surface area contributed by atoms with E-state index in [-0.39, 0.29) is 11.7 Å². The van der Waals surface area contributed by atoms with Gasteiger partial charge in [-0.2, -0.15) is 0 Å². The SMILES string of the molecule is O=C1NCC2(CCN(C[C@@H]3CCCN4CCCC[C@H]34)CC2)O1. The maximum absolute atomic E-state index is 11.3. The minimum atomic E-state index is -0.224. The van der Waals surface area contributed by atoms with Gasteiger partial charge in [-0.3, -0.25) is 0 Å². The summed E-state index contributed by atoms with van der Waals surface area (Å²) in [7, 11) is 0. The van der Waals surface area contributed by atoms with Crippen molar-refractivity contribution in [2.24, 2.45) is 5.92 Å². The summed E-state index contributed by atoms with van der Waals surface area (Å²) in [5.74, 6) is 0.854. The number of carbonyl (C=O) groups excluding carboxylic acids is 1. The van der Waals surface area contributed by atoms with Crippen LogP contribution in [-0.4, -0.2) is 66.8 Å². The summed E-state index contributed by atoms with van der Waals surface area (Å²) in [5.41, 5.74) is -0.197. The lowest BCUT2D eigenvalue weighted by molar-refractivity contribution is -0.0149. The lowest BCUT2D eigenvalue weighted by atomic mass is 9.82. The molecule has 4 heterocycles. The van der Waals surface area contributed by atoms with Crippen LogP contribution in [0.25, 0.3) is 0 Å². The number of fused-ring (bicyclic) bond motifs is 1. The lowest BCUT2D eigenvalue weighted by Crippen LogP contribution is -2.53. The second-order valence-electron chi connectivity index (χ2n) is 7.73. The van der Waals surface area contributed by atoms with Gasteiger partial charge in [-0.15, -0.1) is 0 Å². The zero-order valence-corrected chi connectivity index (χ0v) is 13.6. The Morgan fingerprint density at radius 2 is 1.91 bits per heavy atom. The normalized spacial score (nSPS) is 35.9. The number of rotatable bonds is 2. The smallest absolute Gasteiger partial charge is 0.407 e. The van der Waals surface area contributed by atoms with Gasteiger partial charge in [0.2, 0.25) is 0 Å². The lowest BCUT2D eigenvalue weighted by Gasteiger charge is -2.47.